The Kier molecular flexibility index (Phi) is 6.61. The molecule has 1 aliphatic heterocycles. The Labute approximate surface area is 169 Å². The minimum atomic E-state index is -5.27. The van der Waals surface area contributed by atoms with Gasteiger partial charge in [0.15, 0.2) is 5.75 Å². The molecule has 0 atom stereocenters. The molecule has 0 aromatic heterocycles. The number of nitrogens with zero attached hydrogens (tertiary/aromatic N) is 2. The number of anilines is 1. The summed E-state index contributed by atoms with van der Waals surface area (Å²) in [5.41, 5.74) is 0.406. The van der Waals surface area contributed by atoms with Crippen LogP contribution in [0.25, 0.3) is 0 Å². The number of halogens is 1. The van der Waals surface area contributed by atoms with E-state index in [4.69, 9.17) is 9.84 Å². The van der Waals surface area contributed by atoms with E-state index >= 15 is 0 Å². The molecule has 1 aromatic carbocycles. The third-order valence-electron chi connectivity index (χ3n) is 4.28. The van der Waals surface area contributed by atoms with Gasteiger partial charge in [0.1, 0.15) is 5.60 Å². The summed E-state index contributed by atoms with van der Waals surface area (Å²) < 4.78 is 44.7. The SMILES string of the molecule is Cc1c(CC(=O)O)cc(N2CCN(C(=O)OC(C)(C)C)CC2)cc1OS(=O)(=O)F. The number of ether oxygens (including phenoxy) is 1. The summed E-state index contributed by atoms with van der Waals surface area (Å²) in [6.07, 6.45) is -0.805. The van der Waals surface area contributed by atoms with Crippen molar-refractivity contribution in [3.8, 4) is 5.75 Å². The Bertz CT molecular complexity index is 888. The van der Waals surface area contributed by atoms with Crippen LogP contribution in [0.1, 0.15) is 31.9 Å². The standard InChI is InChI=1S/C18H25FN2O7S/c1-12-13(10-16(22)23)9-14(11-15(12)28-29(19,25)26)20-5-7-21(8-6-20)17(24)27-18(2,3)4/h9,11H,5-8,10H2,1-4H3,(H,22,23). The number of aliphatic carboxylic acids is 1. The first-order valence-corrected chi connectivity index (χ1v) is 10.3. The zero-order chi connectivity index (χ0) is 22.0. The first kappa shape index (κ1) is 22.7. The lowest BCUT2D eigenvalue weighted by atomic mass is 10.0. The molecule has 11 heteroatoms. The third-order valence-corrected chi connectivity index (χ3v) is 4.66. The van der Waals surface area contributed by atoms with Gasteiger partial charge in [-0.05, 0) is 44.9 Å². The highest BCUT2D eigenvalue weighted by Gasteiger charge is 2.27. The van der Waals surface area contributed by atoms with Crippen LogP contribution in [0.4, 0.5) is 14.4 Å². The van der Waals surface area contributed by atoms with Gasteiger partial charge < -0.3 is 23.8 Å². The zero-order valence-corrected chi connectivity index (χ0v) is 17.6. The van der Waals surface area contributed by atoms with E-state index in [1.165, 1.54) is 13.0 Å². The number of hydrogen-bond acceptors (Lipinski definition) is 7. The van der Waals surface area contributed by atoms with E-state index in [-0.39, 0.29) is 17.7 Å². The first-order valence-electron chi connectivity index (χ1n) is 8.97. The molecule has 0 unspecified atom stereocenters. The van der Waals surface area contributed by atoms with Crippen molar-refractivity contribution in [3.63, 3.8) is 0 Å². The van der Waals surface area contributed by atoms with Crippen LogP contribution in [0.5, 0.6) is 5.75 Å². The lowest BCUT2D eigenvalue weighted by Gasteiger charge is -2.37. The van der Waals surface area contributed by atoms with E-state index in [9.17, 15) is 21.9 Å². The summed E-state index contributed by atoms with van der Waals surface area (Å²) in [6.45, 7) is 8.30. The fourth-order valence-corrected chi connectivity index (χ4v) is 3.31. The lowest BCUT2D eigenvalue weighted by Crippen LogP contribution is -2.50. The number of carbonyl (C=O) groups excluding carboxylic acids is 1. The second-order valence-electron chi connectivity index (χ2n) is 7.73. The number of carboxylic acids is 1. The average molecular weight is 432 g/mol. The van der Waals surface area contributed by atoms with Crippen LogP contribution in [0.3, 0.4) is 0 Å². The smallest absolute Gasteiger partial charge is 0.481 e. The van der Waals surface area contributed by atoms with E-state index in [2.05, 4.69) is 4.18 Å². The summed E-state index contributed by atoms with van der Waals surface area (Å²) >= 11 is 0. The maximum Gasteiger partial charge on any atom is 0.488 e. The summed E-state index contributed by atoms with van der Waals surface area (Å²) in [4.78, 5) is 26.7. The number of carbonyl (C=O) groups is 2. The predicted molar refractivity (Wildman–Crippen MR) is 103 cm³/mol. The highest BCUT2D eigenvalue weighted by molar-refractivity contribution is 7.81. The van der Waals surface area contributed by atoms with E-state index < -0.39 is 28.2 Å². The molecule has 1 N–H and O–H groups in total. The molecule has 0 bridgehead atoms. The first-order chi connectivity index (χ1) is 13.2. The van der Waals surface area contributed by atoms with Gasteiger partial charge in [-0.3, -0.25) is 4.79 Å². The van der Waals surface area contributed by atoms with Gasteiger partial charge in [-0.15, -0.1) is 0 Å². The molecule has 0 spiro atoms. The van der Waals surface area contributed by atoms with Crippen LogP contribution in [-0.2, 0) is 26.5 Å². The van der Waals surface area contributed by atoms with Gasteiger partial charge >= 0.3 is 22.6 Å². The fourth-order valence-electron chi connectivity index (χ4n) is 2.93. The molecule has 1 aliphatic rings. The number of piperazine rings is 1. The van der Waals surface area contributed by atoms with Crippen LogP contribution < -0.4 is 9.08 Å². The van der Waals surface area contributed by atoms with Crippen molar-refractivity contribution in [2.75, 3.05) is 31.1 Å². The van der Waals surface area contributed by atoms with Crippen LogP contribution >= 0.6 is 0 Å². The van der Waals surface area contributed by atoms with Gasteiger partial charge in [-0.2, -0.15) is 8.42 Å². The van der Waals surface area contributed by atoms with Gasteiger partial charge in [0.05, 0.1) is 6.42 Å². The Morgan fingerprint density at radius 2 is 1.76 bits per heavy atom. The Morgan fingerprint density at radius 3 is 2.24 bits per heavy atom. The topological polar surface area (TPSA) is 113 Å². The molecule has 1 saturated heterocycles. The van der Waals surface area contributed by atoms with E-state index in [1.807, 2.05) is 4.90 Å². The quantitative estimate of drug-likeness (QED) is 0.705. The Morgan fingerprint density at radius 1 is 1.17 bits per heavy atom. The van der Waals surface area contributed by atoms with Gasteiger partial charge in [-0.1, -0.05) is 3.89 Å². The van der Waals surface area contributed by atoms with E-state index in [1.54, 1.807) is 31.7 Å². The molecule has 0 saturated carbocycles. The van der Waals surface area contributed by atoms with Crippen LogP contribution in [0, 0.1) is 6.92 Å². The number of rotatable bonds is 5. The number of hydrogen-bond donors (Lipinski definition) is 1. The maximum atomic E-state index is 13.1. The third kappa shape index (κ3) is 6.77. The molecule has 0 aliphatic carbocycles. The second-order valence-corrected chi connectivity index (χ2v) is 8.68. The van der Waals surface area contributed by atoms with Crippen molar-refractivity contribution in [3.05, 3.63) is 23.3 Å². The molecule has 9 nitrogen and oxygen atoms in total. The number of carboxylic acid groups (broad SMARTS) is 1. The molecule has 1 heterocycles. The summed E-state index contributed by atoms with van der Waals surface area (Å²) in [5, 5.41) is 9.10. The maximum absolute atomic E-state index is 13.1. The van der Waals surface area contributed by atoms with Crippen molar-refractivity contribution < 1.29 is 35.9 Å². The predicted octanol–water partition coefficient (Wildman–Crippen LogP) is 2.27. The molecule has 0 radical (unpaired) electrons. The molecule has 1 fully saturated rings. The highest BCUT2D eigenvalue weighted by atomic mass is 32.3. The molecular weight excluding hydrogens is 407 g/mol. The van der Waals surface area contributed by atoms with Gasteiger partial charge in [-0.25, -0.2) is 4.79 Å². The monoisotopic (exact) mass is 432 g/mol. The second kappa shape index (κ2) is 8.44. The fraction of sp³-hybridized carbons (Fsp3) is 0.556. The van der Waals surface area contributed by atoms with Gasteiger partial charge in [0.2, 0.25) is 0 Å². The van der Waals surface area contributed by atoms with Crippen molar-refractivity contribution in [2.45, 2.75) is 39.7 Å². The number of amides is 1. The largest absolute Gasteiger partial charge is 0.488 e. The number of benzene rings is 1. The van der Waals surface area contributed by atoms with Crippen LogP contribution in [0.2, 0.25) is 0 Å². The van der Waals surface area contributed by atoms with Gasteiger partial charge in [0, 0.05) is 37.9 Å². The molecule has 162 valence electrons. The lowest BCUT2D eigenvalue weighted by molar-refractivity contribution is -0.136. The van der Waals surface area contributed by atoms with Crippen LogP contribution in [0.15, 0.2) is 12.1 Å². The molecule has 1 aromatic rings. The normalized spacial score (nSPS) is 15.2. The summed E-state index contributed by atoms with van der Waals surface area (Å²) in [6, 6.07) is 2.95. The minimum Gasteiger partial charge on any atom is -0.481 e. The van der Waals surface area contributed by atoms with Crippen molar-refractivity contribution in [2.24, 2.45) is 0 Å². The molecular formula is C18H25FN2O7S. The average Bonchev–Trinajstić information content (AvgIpc) is 2.55. The Hall–Kier alpha value is -2.56. The van der Waals surface area contributed by atoms with E-state index in [0.29, 0.717) is 37.4 Å². The van der Waals surface area contributed by atoms with Crippen molar-refractivity contribution >= 4 is 28.3 Å². The van der Waals surface area contributed by atoms with Crippen LogP contribution in [-0.4, -0.2) is 62.3 Å². The molecule has 29 heavy (non-hydrogen) atoms. The van der Waals surface area contributed by atoms with Crippen molar-refractivity contribution in [1.82, 2.24) is 4.90 Å². The Balaban J connectivity index is 2.22. The summed E-state index contributed by atoms with van der Waals surface area (Å²) in [5.74, 6) is -1.38. The van der Waals surface area contributed by atoms with Gasteiger partial charge in [0.25, 0.3) is 0 Å². The van der Waals surface area contributed by atoms with E-state index in [0.717, 1.165) is 0 Å². The molecule has 2 rings (SSSR count). The highest BCUT2D eigenvalue weighted by Crippen LogP contribution is 2.31. The summed E-state index contributed by atoms with van der Waals surface area (Å²) in [7, 11) is -5.27. The minimum absolute atomic E-state index is 0.227. The van der Waals surface area contributed by atoms with Crippen molar-refractivity contribution in [1.29, 1.82) is 0 Å². The zero-order valence-electron chi connectivity index (χ0n) is 16.8. The molecule has 1 amide bonds.